The number of allylic oxidation sites excluding steroid dienone is 3. The van der Waals surface area contributed by atoms with Gasteiger partial charge in [0.2, 0.25) is 5.91 Å². The van der Waals surface area contributed by atoms with Gasteiger partial charge in [0.05, 0.1) is 25.4 Å². The molecule has 13 heteroatoms. The summed E-state index contributed by atoms with van der Waals surface area (Å²) in [6.07, 6.45) is 36.4. The minimum atomic E-state index is -5.08. The van der Waals surface area contributed by atoms with Crippen molar-refractivity contribution in [3.8, 4) is 0 Å². The van der Waals surface area contributed by atoms with E-state index in [1.54, 1.807) is 6.08 Å². The lowest BCUT2D eigenvalue weighted by molar-refractivity contribution is -0.298. The van der Waals surface area contributed by atoms with Crippen LogP contribution in [0.5, 0.6) is 0 Å². The number of hydrogen-bond acceptors (Lipinski definition) is 10. The number of hydrogen-bond donors (Lipinski definition) is 6. The van der Waals surface area contributed by atoms with Crippen molar-refractivity contribution < 1.29 is 51.8 Å². The lowest BCUT2D eigenvalue weighted by Crippen LogP contribution is -2.61. The molecule has 1 saturated heterocycles. The molecule has 1 aliphatic heterocycles. The Labute approximate surface area is 372 Å². The highest BCUT2D eigenvalue weighted by Crippen LogP contribution is 2.26. The minimum Gasteiger partial charge on any atom is -0.394 e. The second-order valence-corrected chi connectivity index (χ2v) is 18.4. The van der Waals surface area contributed by atoms with Crippen LogP contribution in [0.2, 0.25) is 0 Å². The Kier molecular flexibility index (Phi) is 36.8. The highest BCUT2D eigenvalue weighted by atomic mass is 32.3. The third-order valence-electron chi connectivity index (χ3n) is 11.7. The Morgan fingerprint density at radius 1 is 0.639 bits per heavy atom. The summed E-state index contributed by atoms with van der Waals surface area (Å²) in [5, 5.41) is 44.7. The average molecular weight is 890 g/mol. The molecular formula is C48H91NO11S. The summed E-state index contributed by atoms with van der Waals surface area (Å²) in [6.45, 7) is 3.38. The highest BCUT2D eigenvalue weighted by Gasteiger charge is 2.48. The molecule has 0 spiro atoms. The largest absolute Gasteiger partial charge is 0.397 e. The molecule has 0 aromatic rings. The van der Waals surface area contributed by atoms with Crippen LogP contribution in [0, 0.1) is 0 Å². The molecule has 7 atom stereocenters. The second kappa shape index (κ2) is 39.0. The van der Waals surface area contributed by atoms with E-state index in [-0.39, 0.29) is 18.9 Å². The molecule has 1 rings (SSSR count). The van der Waals surface area contributed by atoms with E-state index in [1.165, 1.54) is 154 Å². The van der Waals surface area contributed by atoms with Gasteiger partial charge in [0.15, 0.2) is 6.29 Å². The maximum Gasteiger partial charge on any atom is 0.397 e. The van der Waals surface area contributed by atoms with Crippen LogP contribution in [-0.4, -0.2) is 95.4 Å². The van der Waals surface area contributed by atoms with Gasteiger partial charge in [-0.15, -0.1) is 0 Å². The first-order valence-electron chi connectivity index (χ1n) is 24.7. The van der Waals surface area contributed by atoms with Crippen molar-refractivity contribution in [2.75, 3.05) is 13.2 Å². The van der Waals surface area contributed by atoms with Gasteiger partial charge in [-0.3, -0.25) is 9.35 Å². The van der Waals surface area contributed by atoms with Crippen LogP contribution in [0.15, 0.2) is 24.3 Å². The molecule has 12 nitrogen and oxygen atoms in total. The molecule has 0 aromatic carbocycles. The van der Waals surface area contributed by atoms with Crippen LogP contribution in [-0.2, 0) is 28.9 Å². The molecule has 0 aromatic heterocycles. The predicted molar refractivity (Wildman–Crippen MR) is 245 cm³/mol. The van der Waals surface area contributed by atoms with E-state index in [0.717, 1.165) is 38.5 Å². The second-order valence-electron chi connectivity index (χ2n) is 17.4. The quantitative estimate of drug-likeness (QED) is 0.0194. The fourth-order valence-electron chi connectivity index (χ4n) is 7.86. The van der Waals surface area contributed by atoms with Gasteiger partial charge in [-0.05, 0) is 44.9 Å². The van der Waals surface area contributed by atoms with Crippen molar-refractivity contribution >= 4 is 16.3 Å². The molecule has 0 bridgehead atoms. The number of aliphatic hydroxyl groups is 4. The first-order chi connectivity index (χ1) is 29.5. The lowest BCUT2D eigenvalue weighted by Gasteiger charge is -2.41. The number of ether oxygens (including phenoxy) is 2. The van der Waals surface area contributed by atoms with E-state index in [4.69, 9.17) is 9.47 Å². The van der Waals surface area contributed by atoms with E-state index >= 15 is 0 Å². The summed E-state index contributed by atoms with van der Waals surface area (Å²) >= 11 is 0. The van der Waals surface area contributed by atoms with Gasteiger partial charge in [-0.2, -0.15) is 8.42 Å². The zero-order valence-electron chi connectivity index (χ0n) is 38.5. The van der Waals surface area contributed by atoms with Crippen LogP contribution in [0.4, 0.5) is 0 Å². The number of carbonyl (C=O) groups excluding carboxylic acids is 1. The standard InChI is InChI=1S/C48H91NO11S/c1-3-5-7-9-11-13-15-17-18-19-20-21-22-23-24-26-28-30-32-34-36-38-44(52)49-41(42(51)37-35-33-31-29-27-25-16-14-12-10-8-6-4-2)40-58-48-46(54)47(60-61(55,56)57)45(53)43(39-50)59-48/h17-18,35,37,41-43,45-48,50-51,53-54H,3-16,19-34,36,38-40H2,1-2H3,(H,49,52)(H,55,56,57)/b18-17+,37-35+/t41?,42-,43?,45-,46?,47-,48+/m1/s1. The van der Waals surface area contributed by atoms with Gasteiger partial charge in [-0.1, -0.05) is 192 Å². The van der Waals surface area contributed by atoms with Crippen LogP contribution < -0.4 is 5.32 Å². The lowest BCUT2D eigenvalue weighted by atomic mass is 9.99. The number of amides is 1. The van der Waals surface area contributed by atoms with Crippen LogP contribution in [0.25, 0.3) is 0 Å². The minimum absolute atomic E-state index is 0.263. The summed E-state index contributed by atoms with van der Waals surface area (Å²) in [6, 6.07) is -0.941. The topological polar surface area (TPSA) is 192 Å². The molecule has 1 heterocycles. The summed E-state index contributed by atoms with van der Waals surface area (Å²) in [5.74, 6) is -0.263. The van der Waals surface area contributed by atoms with E-state index in [0.29, 0.717) is 6.42 Å². The first-order valence-corrected chi connectivity index (χ1v) is 26.1. The molecule has 6 N–H and O–H groups in total. The van der Waals surface area contributed by atoms with Gasteiger partial charge < -0.3 is 35.2 Å². The fourth-order valence-corrected chi connectivity index (χ4v) is 8.37. The molecular weight excluding hydrogens is 799 g/mol. The molecule has 1 amide bonds. The molecule has 1 aliphatic rings. The molecule has 61 heavy (non-hydrogen) atoms. The number of rotatable bonds is 42. The summed E-state index contributed by atoms with van der Waals surface area (Å²) in [5.41, 5.74) is 0. The van der Waals surface area contributed by atoms with Gasteiger partial charge in [0.1, 0.15) is 24.4 Å². The highest BCUT2D eigenvalue weighted by molar-refractivity contribution is 7.80. The van der Waals surface area contributed by atoms with Crippen LogP contribution in [0.1, 0.15) is 219 Å². The average Bonchev–Trinajstić information content (AvgIpc) is 3.23. The summed E-state index contributed by atoms with van der Waals surface area (Å²) < 4.78 is 47.6. The van der Waals surface area contributed by atoms with E-state index in [9.17, 15) is 38.2 Å². The summed E-state index contributed by atoms with van der Waals surface area (Å²) in [4.78, 5) is 13.0. The molecule has 0 radical (unpaired) electrons. The van der Waals surface area contributed by atoms with Crippen molar-refractivity contribution in [1.29, 1.82) is 0 Å². The Balaban J connectivity index is 2.44. The third-order valence-corrected chi connectivity index (χ3v) is 12.2. The van der Waals surface area contributed by atoms with Crippen molar-refractivity contribution in [3.05, 3.63) is 24.3 Å². The number of aliphatic hydroxyl groups excluding tert-OH is 4. The number of carbonyl (C=O) groups is 1. The van der Waals surface area contributed by atoms with Crippen molar-refractivity contribution in [2.24, 2.45) is 0 Å². The number of nitrogens with one attached hydrogen (secondary N) is 1. The molecule has 360 valence electrons. The Hall–Kier alpha value is -1.42. The monoisotopic (exact) mass is 890 g/mol. The Morgan fingerprint density at radius 3 is 1.48 bits per heavy atom. The fraction of sp³-hybridized carbons (Fsp3) is 0.896. The Bertz CT molecular complexity index is 1190. The molecule has 0 saturated carbocycles. The predicted octanol–water partition coefficient (Wildman–Crippen LogP) is 10.1. The van der Waals surface area contributed by atoms with Gasteiger partial charge in [-0.25, -0.2) is 4.18 Å². The maximum atomic E-state index is 13.0. The van der Waals surface area contributed by atoms with Crippen molar-refractivity contribution in [2.45, 2.75) is 262 Å². The zero-order valence-corrected chi connectivity index (χ0v) is 39.3. The molecule has 0 aliphatic carbocycles. The maximum absolute atomic E-state index is 13.0. The van der Waals surface area contributed by atoms with Gasteiger partial charge >= 0.3 is 10.4 Å². The van der Waals surface area contributed by atoms with Crippen LogP contribution >= 0.6 is 0 Å². The van der Waals surface area contributed by atoms with Gasteiger partial charge in [0, 0.05) is 6.42 Å². The first kappa shape index (κ1) is 57.6. The molecule has 1 fully saturated rings. The molecule has 3 unspecified atom stereocenters. The summed E-state index contributed by atoms with van der Waals surface area (Å²) in [7, 11) is -5.08. The van der Waals surface area contributed by atoms with E-state index < -0.39 is 59.9 Å². The van der Waals surface area contributed by atoms with E-state index in [2.05, 4.69) is 35.5 Å². The SMILES string of the molecule is CCCCCCCC/C=C/CCCCCCCCCCCCCC(=O)NC(CO[C@H]1OC(CO)[C@@H](O)[C@@H](OS(=O)(=O)O)C1O)[C@H](O)/C=C/CCCCCCCCCCCCC. The third kappa shape index (κ3) is 32.0. The normalized spacial score (nSPS) is 20.8. The smallest absolute Gasteiger partial charge is 0.394 e. The van der Waals surface area contributed by atoms with Crippen molar-refractivity contribution in [3.63, 3.8) is 0 Å². The number of unbranched alkanes of at least 4 members (excludes halogenated alkanes) is 28. The van der Waals surface area contributed by atoms with Gasteiger partial charge in [0.25, 0.3) is 0 Å². The van der Waals surface area contributed by atoms with Crippen LogP contribution in [0.3, 0.4) is 0 Å². The zero-order chi connectivity index (χ0) is 44.8. The Morgan fingerprint density at radius 2 is 1.05 bits per heavy atom. The van der Waals surface area contributed by atoms with Crippen molar-refractivity contribution in [1.82, 2.24) is 5.32 Å². The van der Waals surface area contributed by atoms with E-state index in [1.807, 2.05) is 6.08 Å².